The number of aryl methyl sites for hydroxylation is 1. The molecule has 2 aromatic carbocycles. The summed E-state index contributed by atoms with van der Waals surface area (Å²) in [4.78, 5) is 13.7. The number of fused-ring (bicyclic) bond motifs is 1. The molecule has 0 saturated heterocycles. The molecule has 1 aliphatic heterocycles. The highest BCUT2D eigenvalue weighted by Crippen LogP contribution is 2.31. The van der Waals surface area contributed by atoms with E-state index in [0.29, 0.717) is 23.0 Å². The molecule has 6 heteroatoms. The number of amides is 1. The van der Waals surface area contributed by atoms with Crippen molar-refractivity contribution in [2.75, 3.05) is 24.1 Å². The summed E-state index contributed by atoms with van der Waals surface area (Å²) in [5, 5.41) is 4.48. The fourth-order valence-corrected chi connectivity index (χ4v) is 3.21. The Morgan fingerprint density at radius 3 is 2.83 bits per heavy atom. The van der Waals surface area contributed by atoms with Crippen molar-refractivity contribution in [3.63, 3.8) is 0 Å². The van der Waals surface area contributed by atoms with Crippen molar-refractivity contribution < 1.29 is 9.53 Å². The summed E-state index contributed by atoms with van der Waals surface area (Å²) in [5.74, 6) is 0.0933. The number of hydrogen-bond donors (Lipinski definition) is 1. The lowest BCUT2D eigenvalue weighted by atomic mass is 10.0. The summed E-state index contributed by atoms with van der Waals surface area (Å²) in [6.07, 6.45) is 1.24. The van der Waals surface area contributed by atoms with Crippen LogP contribution < -0.4 is 10.2 Å². The van der Waals surface area contributed by atoms with Crippen LogP contribution in [0.4, 0.5) is 11.4 Å². The molecular formula is C18H18Cl2N2O2. The fourth-order valence-electron chi connectivity index (χ4n) is 2.82. The fraction of sp³-hybridized carbons (Fsp3) is 0.278. The number of anilines is 2. The molecule has 1 aliphatic rings. The number of nitrogens with one attached hydrogen (secondary N) is 1. The van der Waals surface area contributed by atoms with Crippen LogP contribution in [0, 0.1) is 0 Å². The number of ether oxygens (including phenoxy) is 1. The molecular weight excluding hydrogens is 347 g/mol. The highest BCUT2D eigenvalue weighted by molar-refractivity contribution is 6.42. The molecule has 24 heavy (non-hydrogen) atoms. The Balaban J connectivity index is 1.77. The third kappa shape index (κ3) is 3.51. The van der Waals surface area contributed by atoms with Crippen LogP contribution in [-0.4, -0.2) is 19.7 Å². The molecule has 1 amide bonds. The lowest BCUT2D eigenvalue weighted by molar-refractivity contribution is -0.119. The summed E-state index contributed by atoms with van der Waals surface area (Å²) < 4.78 is 5.13. The number of nitrogens with zero attached hydrogens (tertiary/aromatic N) is 1. The third-order valence-corrected chi connectivity index (χ3v) is 4.91. The standard InChI is InChI=1S/C18H18Cl2N2O2/c1-24-11-22-16-7-6-14(9-12(16)5-8-17(22)23)21-10-13-3-2-4-15(19)18(13)20/h2-4,6-7,9,21H,5,8,10-11H2,1H3. The number of rotatable bonds is 5. The van der Waals surface area contributed by atoms with Crippen LogP contribution in [0.3, 0.4) is 0 Å². The SMILES string of the molecule is COCN1C(=O)CCc2cc(NCc3cccc(Cl)c3Cl)ccc21. The molecule has 4 nitrogen and oxygen atoms in total. The van der Waals surface area contributed by atoms with Gasteiger partial charge in [0.15, 0.2) is 0 Å². The smallest absolute Gasteiger partial charge is 0.229 e. The number of carbonyl (C=O) groups excluding carboxylic acids is 1. The quantitative estimate of drug-likeness (QED) is 0.849. The van der Waals surface area contributed by atoms with Crippen molar-refractivity contribution in [3.05, 3.63) is 57.6 Å². The minimum absolute atomic E-state index is 0.0933. The Kier molecular flexibility index (Phi) is 5.29. The minimum atomic E-state index is 0.0933. The van der Waals surface area contributed by atoms with E-state index < -0.39 is 0 Å². The zero-order valence-corrected chi connectivity index (χ0v) is 14.8. The summed E-state index contributed by atoms with van der Waals surface area (Å²) in [6.45, 7) is 0.857. The van der Waals surface area contributed by atoms with Gasteiger partial charge in [0.05, 0.1) is 10.0 Å². The summed E-state index contributed by atoms with van der Waals surface area (Å²) in [5.41, 5.74) is 3.97. The zero-order valence-electron chi connectivity index (χ0n) is 13.3. The van der Waals surface area contributed by atoms with E-state index in [9.17, 15) is 4.79 Å². The van der Waals surface area contributed by atoms with Gasteiger partial charge in [0.2, 0.25) is 5.91 Å². The first-order chi connectivity index (χ1) is 11.6. The van der Waals surface area contributed by atoms with Gasteiger partial charge in [-0.1, -0.05) is 35.3 Å². The molecule has 0 unspecified atom stereocenters. The number of carbonyl (C=O) groups is 1. The van der Waals surface area contributed by atoms with E-state index in [1.807, 2.05) is 24.3 Å². The van der Waals surface area contributed by atoms with E-state index in [-0.39, 0.29) is 12.6 Å². The van der Waals surface area contributed by atoms with E-state index in [1.54, 1.807) is 18.1 Å². The van der Waals surface area contributed by atoms with Gasteiger partial charge >= 0.3 is 0 Å². The summed E-state index contributed by atoms with van der Waals surface area (Å²) >= 11 is 12.3. The lowest BCUT2D eigenvalue weighted by Crippen LogP contribution is -2.36. The average molecular weight is 365 g/mol. The number of benzene rings is 2. The van der Waals surface area contributed by atoms with E-state index in [2.05, 4.69) is 11.4 Å². The first-order valence-electron chi connectivity index (χ1n) is 7.69. The van der Waals surface area contributed by atoms with Gasteiger partial charge in [-0.3, -0.25) is 9.69 Å². The summed E-state index contributed by atoms with van der Waals surface area (Å²) in [6, 6.07) is 11.6. The van der Waals surface area contributed by atoms with Crippen LogP contribution in [0.15, 0.2) is 36.4 Å². The van der Waals surface area contributed by atoms with Crippen LogP contribution in [-0.2, 0) is 22.5 Å². The first-order valence-corrected chi connectivity index (χ1v) is 8.44. The maximum atomic E-state index is 12.0. The minimum Gasteiger partial charge on any atom is -0.381 e. The van der Waals surface area contributed by atoms with Gasteiger partial charge in [0.1, 0.15) is 6.73 Å². The Morgan fingerprint density at radius 2 is 2.04 bits per heavy atom. The third-order valence-electron chi connectivity index (χ3n) is 4.05. The molecule has 1 heterocycles. The van der Waals surface area contributed by atoms with Crippen LogP contribution >= 0.6 is 23.2 Å². The van der Waals surface area contributed by atoms with Crippen LogP contribution in [0.25, 0.3) is 0 Å². The van der Waals surface area contributed by atoms with Gasteiger partial charge in [-0.15, -0.1) is 0 Å². The molecule has 0 radical (unpaired) electrons. The normalized spacial score (nSPS) is 13.8. The molecule has 0 aliphatic carbocycles. The Morgan fingerprint density at radius 1 is 1.21 bits per heavy atom. The topological polar surface area (TPSA) is 41.6 Å². The molecule has 0 atom stereocenters. The second kappa shape index (κ2) is 7.43. The predicted octanol–water partition coefficient (Wildman–Crippen LogP) is 4.49. The van der Waals surface area contributed by atoms with E-state index in [1.165, 1.54) is 0 Å². The molecule has 0 aromatic heterocycles. The van der Waals surface area contributed by atoms with Crippen molar-refractivity contribution in [2.24, 2.45) is 0 Å². The summed E-state index contributed by atoms with van der Waals surface area (Å²) in [7, 11) is 1.59. The second-order valence-corrected chi connectivity index (χ2v) is 6.43. The van der Waals surface area contributed by atoms with Crippen molar-refractivity contribution in [1.29, 1.82) is 0 Å². The van der Waals surface area contributed by atoms with Gasteiger partial charge in [-0.05, 0) is 41.8 Å². The molecule has 126 valence electrons. The monoisotopic (exact) mass is 364 g/mol. The van der Waals surface area contributed by atoms with Crippen LogP contribution in [0.5, 0.6) is 0 Å². The van der Waals surface area contributed by atoms with Crippen LogP contribution in [0.1, 0.15) is 17.5 Å². The van der Waals surface area contributed by atoms with Crippen molar-refractivity contribution >= 4 is 40.5 Å². The van der Waals surface area contributed by atoms with Crippen LogP contribution in [0.2, 0.25) is 10.0 Å². The zero-order chi connectivity index (χ0) is 17.1. The second-order valence-electron chi connectivity index (χ2n) is 5.65. The Hall–Kier alpha value is -1.75. The maximum absolute atomic E-state index is 12.0. The van der Waals surface area contributed by atoms with Crippen molar-refractivity contribution in [1.82, 2.24) is 0 Å². The van der Waals surface area contributed by atoms with Gasteiger partial charge in [0.25, 0.3) is 0 Å². The highest BCUT2D eigenvalue weighted by atomic mass is 35.5. The lowest BCUT2D eigenvalue weighted by Gasteiger charge is -2.29. The molecule has 3 rings (SSSR count). The highest BCUT2D eigenvalue weighted by Gasteiger charge is 2.23. The predicted molar refractivity (Wildman–Crippen MR) is 97.9 cm³/mol. The van der Waals surface area contributed by atoms with Gasteiger partial charge in [-0.2, -0.15) is 0 Å². The number of halogens is 2. The van der Waals surface area contributed by atoms with Gasteiger partial charge in [-0.25, -0.2) is 0 Å². The Labute approximate surface area is 151 Å². The number of methoxy groups -OCH3 is 1. The molecule has 1 N–H and O–H groups in total. The average Bonchev–Trinajstić information content (AvgIpc) is 2.59. The van der Waals surface area contributed by atoms with Gasteiger partial charge in [0, 0.05) is 31.5 Å². The molecule has 0 saturated carbocycles. The van der Waals surface area contributed by atoms with E-state index in [0.717, 1.165) is 28.9 Å². The number of hydrogen-bond acceptors (Lipinski definition) is 3. The maximum Gasteiger partial charge on any atom is 0.229 e. The molecule has 0 fully saturated rings. The molecule has 0 bridgehead atoms. The largest absolute Gasteiger partial charge is 0.381 e. The van der Waals surface area contributed by atoms with E-state index in [4.69, 9.17) is 27.9 Å². The van der Waals surface area contributed by atoms with E-state index >= 15 is 0 Å². The van der Waals surface area contributed by atoms with Crippen molar-refractivity contribution in [3.8, 4) is 0 Å². The van der Waals surface area contributed by atoms with Gasteiger partial charge < -0.3 is 10.1 Å². The molecule has 0 spiro atoms. The van der Waals surface area contributed by atoms with Crippen molar-refractivity contribution in [2.45, 2.75) is 19.4 Å². The molecule has 2 aromatic rings. The Bertz CT molecular complexity index is 765. The first kappa shape index (κ1) is 17.1.